The average molecular weight is 707 g/mol. The van der Waals surface area contributed by atoms with E-state index in [0.29, 0.717) is 83.8 Å². The highest BCUT2D eigenvalue weighted by Gasteiger charge is 2.27. The number of pyridine rings is 3. The van der Waals surface area contributed by atoms with Crippen LogP contribution in [0.3, 0.4) is 0 Å². The zero-order chi connectivity index (χ0) is 34.5. The molecule has 256 valence electrons. The molecule has 0 radical (unpaired) electrons. The van der Waals surface area contributed by atoms with Gasteiger partial charge in [0, 0.05) is 78.9 Å². The average Bonchev–Trinajstić information content (AvgIpc) is 3.52. The van der Waals surface area contributed by atoms with Crippen molar-refractivity contribution in [1.29, 1.82) is 0 Å². The third-order valence-corrected chi connectivity index (χ3v) is 9.47. The number of halogens is 2. The number of nitrogens with one attached hydrogen (secondary N) is 4. The topological polar surface area (TPSA) is 160 Å². The molecule has 4 aromatic rings. The Bertz CT molecular complexity index is 1850. The number of amides is 2. The Morgan fingerprint density at radius 1 is 1.02 bits per heavy atom. The summed E-state index contributed by atoms with van der Waals surface area (Å²) in [5.41, 5.74) is 4.33. The van der Waals surface area contributed by atoms with Crippen LogP contribution in [0.5, 0.6) is 11.6 Å². The molecule has 4 heterocycles. The molecular weight excluding hydrogens is 669 g/mol. The number of hydrogen-bond acceptors (Lipinski definition) is 10. The summed E-state index contributed by atoms with van der Waals surface area (Å²) in [6.45, 7) is 1.67. The lowest BCUT2D eigenvalue weighted by Crippen LogP contribution is -2.43. The van der Waals surface area contributed by atoms with Crippen LogP contribution >= 0.6 is 23.2 Å². The van der Waals surface area contributed by atoms with Crippen molar-refractivity contribution in [3.8, 4) is 34.1 Å². The molecule has 5 N–H and O–H groups in total. The van der Waals surface area contributed by atoms with Gasteiger partial charge in [-0.2, -0.15) is 0 Å². The molecule has 6 rings (SSSR count). The number of carbonyl (C=O) groups is 2. The van der Waals surface area contributed by atoms with Crippen LogP contribution in [0.1, 0.15) is 47.3 Å². The van der Waals surface area contributed by atoms with Gasteiger partial charge in [0.05, 0.1) is 47.4 Å². The molecule has 1 aliphatic carbocycles. The fourth-order valence-corrected chi connectivity index (χ4v) is 6.46. The van der Waals surface area contributed by atoms with Crippen LogP contribution in [0, 0.1) is 0 Å². The summed E-state index contributed by atoms with van der Waals surface area (Å²) in [4.78, 5) is 38.4. The van der Waals surface area contributed by atoms with E-state index >= 15 is 0 Å². The van der Waals surface area contributed by atoms with Crippen LogP contribution in [0.4, 0.5) is 5.69 Å². The molecule has 14 heteroatoms. The molecule has 0 bridgehead atoms. The van der Waals surface area contributed by atoms with Gasteiger partial charge in [-0.15, -0.1) is 0 Å². The second-order valence-electron chi connectivity index (χ2n) is 12.0. The Labute approximate surface area is 294 Å². The quantitative estimate of drug-likeness (QED) is 0.131. The van der Waals surface area contributed by atoms with E-state index in [1.54, 1.807) is 49.8 Å². The zero-order valence-electron chi connectivity index (χ0n) is 27.1. The first-order valence-corrected chi connectivity index (χ1v) is 16.7. The van der Waals surface area contributed by atoms with Crippen molar-refractivity contribution in [2.75, 3.05) is 26.1 Å². The number of anilines is 1. The first kappa shape index (κ1) is 34.5. The molecule has 1 atom stereocenters. The Hall–Kier alpha value is -4.33. The van der Waals surface area contributed by atoms with Gasteiger partial charge in [0.25, 0.3) is 5.91 Å². The summed E-state index contributed by atoms with van der Waals surface area (Å²) in [5.74, 6) is 0.585. The maximum Gasteiger partial charge on any atom is 0.274 e. The Kier molecular flexibility index (Phi) is 10.9. The van der Waals surface area contributed by atoms with Gasteiger partial charge >= 0.3 is 0 Å². The third kappa shape index (κ3) is 7.95. The van der Waals surface area contributed by atoms with Crippen molar-refractivity contribution >= 4 is 40.7 Å². The van der Waals surface area contributed by atoms with E-state index in [1.165, 1.54) is 7.11 Å². The van der Waals surface area contributed by atoms with E-state index in [1.807, 2.05) is 12.1 Å². The number of ether oxygens (including phenoxy) is 2. The molecule has 1 unspecified atom stereocenters. The number of carbonyl (C=O) groups excluding carboxylic acids is 2. The minimum Gasteiger partial charge on any atom is -0.496 e. The summed E-state index contributed by atoms with van der Waals surface area (Å²) >= 11 is 13.8. The molecule has 49 heavy (non-hydrogen) atoms. The SMILES string of the molecule is COc1cc(C(=O)Nc2cccc(-c3nccc(-c4ccc(CNCC5CCC(=O)N5)c(OC)n4)c3Cl)c2Cl)ncc1CNC1CC(O)C1. The predicted molar refractivity (Wildman–Crippen MR) is 187 cm³/mol. The number of nitrogens with zero attached hydrogens (tertiary/aromatic N) is 3. The van der Waals surface area contributed by atoms with E-state index in [9.17, 15) is 14.7 Å². The van der Waals surface area contributed by atoms with Crippen LogP contribution in [0.15, 0.2) is 54.9 Å². The number of rotatable bonds is 13. The van der Waals surface area contributed by atoms with Crippen LogP contribution in [0.25, 0.3) is 22.5 Å². The molecule has 0 spiro atoms. The van der Waals surface area contributed by atoms with E-state index < -0.39 is 5.91 Å². The van der Waals surface area contributed by atoms with Crippen molar-refractivity contribution in [3.05, 3.63) is 81.7 Å². The van der Waals surface area contributed by atoms with Gasteiger partial charge in [0.1, 0.15) is 11.4 Å². The highest BCUT2D eigenvalue weighted by molar-refractivity contribution is 6.39. The van der Waals surface area contributed by atoms with E-state index in [4.69, 9.17) is 37.7 Å². The Morgan fingerprint density at radius 2 is 1.86 bits per heavy atom. The van der Waals surface area contributed by atoms with Gasteiger partial charge in [-0.25, -0.2) is 4.98 Å². The van der Waals surface area contributed by atoms with Crippen LogP contribution in [-0.2, 0) is 17.9 Å². The number of hydrogen-bond donors (Lipinski definition) is 5. The lowest BCUT2D eigenvalue weighted by Gasteiger charge is -2.32. The summed E-state index contributed by atoms with van der Waals surface area (Å²) in [6, 6.07) is 12.7. The van der Waals surface area contributed by atoms with Gasteiger partial charge in [-0.1, -0.05) is 41.4 Å². The van der Waals surface area contributed by atoms with Crippen molar-refractivity contribution < 1.29 is 24.2 Å². The molecule has 12 nitrogen and oxygen atoms in total. The van der Waals surface area contributed by atoms with Crippen molar-refractivity contribution in [2.45, 2.75) is 57.0 Å². The van der Waals surface area contributed by atoms with E-state index in [-0.39, 0.29) is 34.8 Å². The van der Waals surface area contributed by atoms with Gasteiger partial charge in [-0.3, -0.25) is 19.6 Å². The van der Waals surface area contributed by atoms with Crippen molar-refractivity contribution in [1.82, 2.24) is 30.9 Å². The maximum absolute atomic E-state index is 13.3. The molecule has 1 saturated heterocycles. The molecule has 2 aliphatic rings. The number of methoxy groups -OCH3 is 2. The fraction of sp³-hybridized carbons (Fsp3) is 0.343. The fourth-order valence-electron chi connectivity index (χ4n) is 5.89. The summed E-state index contributed by atoms with van der Waals surface area (Å²) in [7, 11) is 3.10. The normalized spacial score (nSPS) is 18.5. The number of benzene rings is 1. The predicted octanol–water partition coefficient (Wildman–Crippen LogP) is 4.76. The second kappa shape index (κ2) is 15.5. The summed E-state index contributed by atoms with van der Waals surface area (Å²) in [6.07, 6.45) is 5.76. The molecule has 1 aliphatic heterocycles. The van der Waals surface area contributed by atoms with Crippen LogP contribution in [-0.4, -0.2) is 70.8 Å². The van der Waals surface area contributed by atoms with Crippen LogP contribution in [0.2, 0.25) is 10.0 Å². The molecular formula is C35H37Cl2N7O5. The maximum atomic E-state index is 13.3. The first-order chi connectivity index (χ1) is 23.7. The highest BCUT2D eigenvalue weighted by Crippen LogP contribution is 2.40. The Morgan fingerprint density at radius 3 is 2.59 bits per heavy atom. The van der Waals surface area contributed by atoms with E-state index in [0.717, 1.165) is 17.5 Å². The largest absolute Gasteiger partial charge is 0.496 e. The summed E-state index contributed by atoms with van der Waals surface area (Å²) < 4.78 is 11.1. The van der Waals surface area contributed by atoms with Gasteiger partial charge < -0.3 is 35.8 Å². The smallest absolute Gasteiger partial charge is 0.274 e. The van der Waals surface area contributed by atoms with Crippen molar-refractivity contribution in [2.24, 2.45) is 0 Å². The monoisotopic (exact) mass is 705 g/mol. The molecule has 2 amide bonds. The first-order valence-electron chi connectivity index (χ1n) is 16.0. The van der Waals surface area contributed by atoms with Gasteiger partial charge in [0.2, 0.25) is 11.8 Å². The highest BCUT2D eigenvalue weighted by atomic mass is 35.5. The minimum absolute atomic E-state index is 0.0810. The number of aromatic nitrogens is 3. The molecule has 1 saturated carbocycles. The molecule has 3 aromatic heterocycles. The molecule has 2 fully saturated rings. The zero-order valence-corrected chi connectivity index (χ0v) is 28.6. The Balaban J connectivity index is 1.17. The lowest BCUT2D eigenvalue weighted by molar-refractivity contribution is -0.119. The van der Waals surface area contributed by atoms with Crippen molar-refractivity contribution in [3.63, 3.8) is 0 Å². The standard InChI is InChI=1S/C35H37Cl2N7O5/c1-48-29-14-28(41-17-20(29)16-40-22-12-23(45)13-22)34(47)43-27-5-3-4-25(31(27)36)33-32(37)24(10-11-39-33)26-8-6-19(35(44-26)49-2)15-38-18-21-7-9-30(46)42-21/h3-6,8,10-11,14,17,21-23,38,40,45H,7,9,12-13,15-16,18H2,1-2H3,(H,42,46)(H,43,47). The van der Waals surface area contributed by atoms with Gasteiger partial charge in [-0.05, 0) is 37.5 Å². The van der Waals surface area contributed by atoms with E-state index in [2.05, 4.69) is 31.2 Å². The number of aliphatic hydroxyl groups excluding tert-OH is 1. The molecule has 1 aromatic carbocycles. The summed E-state index contributed by atoms with van der Waals surface area (Å²) in [5, 5.41) is 22.6. The number of aliphatic hydroxyl groups is 1. The van der Waals surface area contributed by atoms with Crippen LogP contribution < -0.4 is 30.7 Å². The second-order valence-corrected chi connectivity index (χ2v) is 12.8. The lowest BCUT2D eigenvalue weighted by atomic mass is 9.89. The minimum atomic E-state index is -0.467. The van der Waals surface area contributed by atoms with Gasteiger partial charge in [0.15, 0.2) is 0 Å². The third-order valence-electron chi connectivity index (χ3n) is 8.68.